The van der Waals surface area contributed by atoms with E-state index in [1.165, 1.54) is 17.7 Å². The summed E-state index contributed by atoms with van der Waals surface area (Å²) < 4.78 is 39.2. The third-order valence-electron chi connectivity index (χ3n) is 12.0. The molecule has 252 valence electrons. The van der Waals surface area contributed by atoms with Gasteiger partial charge in [0, 0.05) is 16.7 Å². The summed E-state index contributed by atoms with van der Waals surface area (Å²) in [6.45, 7) is 7.37. The first-order valence-corrected chi connectivity index (χ1v) is 17.8. The van der Waals surface area contributed by atoms with Crippen LogP contribution in [0.3, 0.4) is 0 Å². The Morgan fingerprint density at radius 3 is 2.44 bits per heavy atom. The predicted molar refractivity (Wildman–Crippen MR) is 177 cm³/mol. The molecular formula is C37H40N2O8S. The summed E-state index contributed by atoms with van der Waals surface area (Å²) in [6.07, 6.45) is 7.03. The molecule has 10 nitrogen and oxygen atoms in total. The molecule has 1 aromatic heterocycles. The van der Waals surface area contributed by atoms with E-state index in [0.717, 1.165) is 34.7 Å². The lowest BCUT2D eigenvalue weighted by atomic mass is 9.46. The molecule has 0 saturated heterocycles. The fourth-order valence-electron chi connectivity index (χ4n) is 9.85. The number of carbonyl (C=O) groups excluding carboxylic acids is 2. The number of ether oxygens (including phenoxy) is 1. The van der Waals surface area contributed by atoms with E-state index in [2.05, 4.69) is 26.0 Å². The molecule has 2 fully saturated rings. The van der Waals surface area contributed by atoms with E-state index in [1.807, 2.05) is 55.1 Å². The number of nitrogens with zero attached hydrogens (tertiary/aromatic N) is 2. The smallest absolute Gasteiger partial charge is 0.338 e. The summed E-state index contributed by atoms with van der Waals surface area (Å²) in [6, 6.07) is 14.5. The highest BCUT2D eigenvalue weighted by Gasteiger charge is 2.70. The standard InChI is InChI=1S/C37H40N2O8S/c1-21-14-27-29-15-22(2)37(43,32(41)20-47-34(42)23-10-12-26(13-11-23)48(44,45)46)36(29,4)18-31(40)33(27)35(3)17-24-19-38-39(30(24)16-28(21)35)25-8-6-5-7-9-25/h5-14,16,19,22,27,29,31,33,40,43H,15,17-18,20H2,1-4H3,(H,44,45,46)/t22-,27+,29+,31+,33-,35+,36+,37+/m1/s1. The Balaban J connectivity index is 1.16. The Labute approximate surface area is 279 Å². The molecule has 0 amide bonds. The third kappa shape index (κ3) is 4.69. The third-order valence-corrected chi connectivity index (χ3v) is 12.9. The van der Waals surface area contributed by atoms with Gasteiger partial charge in [-0.2, -0.15) is 13.5 Å². The second kappa shape index (κ2) is 11.1. The predicted octanol–water partition coefficient (Wildman–Crippen LogP) is 4.84. The molecule has 4 aliphatic carbocycles. The number of Topliss-reactive ketones (excluding diaryl/α,β-unsaturated/α-hetero) is 1. The molecule has 0 aliphatic heterocycles. The summed E-state index contributed by atoms with van der Waals surface area (Å²) in [5.41, 5.74) is 2.17. The number of aliphatic hydroxyl groups excluding tert-OH is 1. The largest absolute Gasteiger partial charge is 0.454 e. The van der Waals surface area contributed by atoms with Crippen LogP contribution in [0.4, 0.5) is 0 Å². The van der Waals surface area contributed by atoms with Crippen LogP contribution in [-0.2, 0) is 26.1 Å². The second-order valence-corrected chi connectivity index (χ2v) is 16.0. The summed E-state index contributed by atoms with van der Waals surface area (Å²) in [5, 5.41) is 29.1. The number of aromatic nitrogens is 2. The minimum atomic E-state index is -4.44. The highest BCUT2D eigenvalue weighted by atomic mass is 32.2. The normalized spacial score (nSPS) is 33.8. The van der Waals surface area contributed by atoms with Gasteiger partial charge in [-0.15, -0.1) is 0 Å². The monoisotopic (exact) mass is 672 g/mol. The fourth-order valence-corrected chi connectivity index (χ4v) is 10.3. The highest BCUT2D eigenvalue weighted by Crippen LogP contribution is 2.68. The van der Waals surface area contributed by atoms with E-state index in [9.17, 15) is 32.8 Å². The first-order chi connectivity index (χ1) is 22.6. The summed E-state index contributed by atoms with van der Waals surface area (Å²) in [4.78, 5) is 26.3. The van der Waals surface area contributed by atoms with Crippen molar-refractivity contribution in [2.75, 3.05) is 6.61 Å². The van der Waals surface area contributed by atoms with E-state index in [1.54, 1.807) is 0 Å². The zero-order valence-corrected chi connectivity index (χ0v) is 28.1. The molecule has 0 bridgehead atoms. The van der Waals surface area contributed by atoms with Gasteiger partial charge in [0.25, 0.3) is 10.1 Å². The van der Waals surface area contributed by atoms with E-state index in [0.29, 0.717) is 12.8 Å². The van der Waals surface area contributed by atoms with Gasteiger partial charge in [0.05, 0.1) is 34.1 Å². The fraction of sp³-hybridized carbons (Fsp3) is 0.432. The lowest BCUT2D eigenvalue weighted by Gasteiger charge is -2.59. The number of ketones is 1. The molecule has 2 saturated carbocycles. The van der Waals surface area contributed by atoms with Crippen molar-refractivity contribution in [1.29, 1.82) is 0 Å². The Hall–Kier alpha value is -3.90. The van der Waals surface area contributed by atoms with Gasteiger partial charge in [-0.1, -0.05) is 50.6 Å². The maximum atomic E-state index is 13.9. The topological polar surface area (TPSA) is 156 Å². The number of para-hydroxylation sites is 1. The van der Waals surface area contributed by atoms with Gasteiger partial charge in [0.1, 0.15) is 5.60 Å². The zero-order valence-electron chi connectivity index (χ0n) is 27.3. The van der Waals surface area contributed by atoms with Crippen LogP contribution in [0.25, 0.3) is 11.8 Å². The van der Waals surface area contributed by atoms with Crippen LogP contribution < -0.4 is 0 Å². The van der Waals surface area contributed by atoms with Gasteiger partial charge >= 0.3 is 5.97 Å². The van der Waals surface area contributed by atoms with E-state index in [-0.39, 0.29) is 34.6 Å². The lowest BCUT2D eigenvalue weighted by molar-refractivity contribution is -0.179. The molecule has 4 aliphatic rings. The SMILES string of the molecule is CC1=C[C@@H]2[C@H]([C@@H](O)C[C@@]3(C)[C@H]2C[C@@H](C)[C@]3(O)C(=O)COC(=O)c2ccc(S(=O)(=O)O)cc2)[C@@]2(C)Cc3cnn(-c4ccccc4)c3C=C12. The van der Waals surface area contributed by atoms with Crippen molar-refractivity contribution in [3.05, 3.63) is 94.8 Å². The van der Waals surface area contributed by atoms with Gasteiger partial charge in [-0.05, 0) is 97.6 Å². The first kappa shape index (κ1) is 32.6. The number of rotatable bonds is 6. The summed E-state index contributed by atoms with van der Waals surface area (Å²) in [7, 11) is -4.44. The van der Waals surface area contributed by atoms with Crippen molar-refractivity contribution >= 4 is 27.9 Å². The second-order valence-electron chi connectivity index (χ2n) is 14.6. The number of benzene rings is 2. The number of allylic oxidation sites excluding steroid dienone is 3. The van der Waals surface area contributed by atoms with Crippen LogP contribution in [0.15, 0.2) is 82.9 Å². The number of hydrogen-bond donors (Lipinski definition) is 3. The molecule has 11 heteroatoms. The van der Waals surface area contributed by atoms with Gasteiger partial charge in [-0.25, -0.2) is 9.48 Å². The van der Waals surface area contributed by atoms with Gasteiger partial charge in [0.15, 0.2) is 6.61 Å². The van der Waals surface area contributed by atoms with Gasteiger partial charge in [-0.3, -0.25) is 9.35 Å². The number of fused-ring (bicyclic) bond motifs is 6. The van der Waals surface area contributed by atoms with Crippen LogP contribution in [0.2, 0.25) is 0 Å². The number of esters is 1. The van der Waals surface area contributed by atoms with Crippen molar-refractivity contribution < 1.29 is 37.5 Å². The first-order valence-electron chi connectivity index (χ1n) is 16.3. The van der Waals surface area contributed by atoms with Crippen LogP contribution in [0, 0.1) is 34.5 Å². The zero-order chi connectivity index (χ0) is 34.4. The van der Waals surface area contributed by atoms with E-state index in [4.69, 9.17) is 9.84 Å². The molecule has 48 heavy (non-hydrogen) atoms. The highest BCUT2D eigenvalue weighted by molar-refractivity contribution is 7.85. The van der Waals surface area contributed by atoms with E-state index >= 15 is 0 Å². The molecule has 0 spiro atoms. The molecule has 2 aromatic carbocycles. The minimum Gasteiger partial charge on any atom is -0.454 e. The van der Waals surface area contributed by atoms with Crippen LogP contribution in [-0.4, -0.2) is 63.0 Å². The molecule has 8 atom stereocenters. The lowest BCUT2D eigenvalue weighted by Crippen LogP contribution is -2.62. The average molecular weight is 673 g/mol. The number of aliphatic hydroxyl groups is 2. The minimum absolute atomic E-state index is 0.00782. The van der Waals surface area contributed by atoms with Crippen molar-refractivity contribution in [3.63, 3.8) is 0 Å². The molecule has 3 aromatic rings. The van der Waals surface area contributed by atoms with Crippen molar-refractivity contribution in [2.24, 2.45) is 34.5 Å². The van der Waals surface area contributed by atoms with Crippen molar-refractivity contribution in [1.82, 2.24) is 9.78 Å². The molecule has 0 unspecified atom stereocenters. The average Bonchev–Trinajstić information content (AvgIpc) is 3.54. The Morgan fingerprint density at radius 2 is 1.77 bits per heavy atom. The number of hydrogen-bond acceptors (Lipinski definition) is 8. The molecule has 3 N–H and O–H groups in total. The molecule has 1 heterocycles. The molecule has 0 radical (unpaired) electrons. The van der Waals surface area contributed by atoms with Crippen molar-refractivity contribution in [3.8, 4) is 5.69 Å². The maximum Gasteiger partial charge on any atom is 0.338 e. The number of carbonyl (C=O) groups is 2. The van der Waals surface area contributed by atoms with E-state index < -0.39 is 56.9 Å². The summed E-state index contributed by atoms with van der Waals surface area (Å²) >= 11 is 0. The van der Waals surface area contributed by atoms with Gasteiger partial charge in [0.2, 0.25) is 5.78 Å². The Kier molecular flexibility index (Phi) is 7.52. The molecular weight excluding hydrogens is 632 g/mol. The van der Waals surface area contributed by atoms with Crippen LogP contribution in [0.5, 0.6) is 0 Å². The van der Waals surface area contributed by atoms with Crippen LogP contribution in [0.1, 0.15) is 62.2 Å². The Morgan fingerprint density at radius 1 is 1.08 bits per heavy atom. The van der Waals surface area contributed by atoms with Crippen molar-refractivity contribution in [2.45, 2.75) is 63.6 Å². The Bertz CT molecular complexity index is 1980. The summed E-state index contributed by atoms with van der Waals surface area (Å²) in [5.74, 6) is -2.31. The molecule has 7 rings (SSSR count). The quantitative estimate of drug-likeness (QED) is 0.246. The van der Waals surface area contributed by atoms with Crippen LogP contribution >= 0.6 is 0 Å². The van der Waals surface area contributed by atoms with Gasteiger partial charge < -0.3 is 14.9 Å². The maximum absolute atomic E-state index is 13.9.